The van der Waals surface area contributed by atoms with Crippen LogP contribution in [-0.4, -0.2) is 29.5 Å². The molecule has 0 saturated heterocycles. The predicted octanol–water partition coefficient (Wildman–Crippen LogP) is 2.33. The first-order valence-corrected chi connectivity index (χ1v) is 10.3. The molecular weight excluding hydrogens is 372 g/mol. The van der Waals surface area contributed by atoms with Gasteiger partial charge in [-0.25, -0.2) is 18.5 Å². The number of fused-ring (bicyclic) bond motifs is 1. The Morgan fingerprint density at radius 2 is 2.08 bits per heavy atom. The lowest BCUT2D eigenvalue weighted by atomic mass is 10.1. The minimum absolute atomic E-state index is 0.0252. The van der Waals surface area contributed by atoms with Crippen molar-refractivity contribution in [3.8, 4) is 0 Å². The fraction of sp³-hybridized carbons (Fsp3) is 0.176. The highest BCUT2D eigenvalue weighted by Crippen LogP contribution is 2.24. The van der Waals surface area contributed by atoms with Gasteiger partial charge >= 0.3 is 0 Å². The van der Waals surface area contributed by atoms with E-state index in [0.29, 0.717) is 10.8 Å². The van der Waals surface area contributed by atoms with Crippen molar-refractivity contribution in [1.29, 1.82) is 0 Å². The lowest BCUT2D eigenvalue weighted by Gasteiger charge is -2.12. The number of anilines is 1. The van der Waals surface area contributed by atoms with Crippen LogP contribution in [0.15, 0.2) is 52.8 Å². The predicted molar refractivity (Wildman–Crippen MR) is 102 cm³/mol. The smallest absolute Gasteiger partial charge is 0.238 e. The number of thioether (sulfide) groups is 1. The average molecular weight is 390 g/mol. The fourth-order valence-corrected chi connectivity index (χ4v) is 3.85. The van der Waals surface area contributed by atoms with Crippen LogP contribution >= 0.6 is 11.8 Å². The summed E-state index contributed by atoms with van der Waals surface area (Å²) in [6.07, 6.45) is 3.62. The maximum Gasteiger partial charge on any atom is 0.238 e. The summed E-state index contributed by atoms with van der Waals surface area (Å²) in [6, 6.07) is 8.62. The minimum Gasteiger partial charge on any atom is -0.325 e. The van der Waals surface area contributed by atoms with Crippen molar-refractivity contribution in [2.75, 3.05) is 11.1 Å². The van der Waals surface area contributed by atoms with Crippen molar-refractivity contribution in [3.63, 3.8) is 0 Å². The number of pyridine rings is 1. The van der Waals surface area contributed by atoms with Gasteiger partial charge in [0, 0.05) is 11.9 Å². The number of aromatic nitrogens is 2. The monoisotopic (exact) mass is 390 g/mol. The van der Waals surface area contributed by atoms with E-state index in [9.17, 15) is 13.2 Å². The highest BCUT2D eigenvalue weighted by Gasteiger charge is 2.15. The molecule has 3 N–H and O–H groups in total. The van der Waals surface area contributed by atoms with Gasteiger partial charge in [0.15, 0.2) is 5.16 Å². The van der Waals surface area contributed by atoms with E-state index in [1.165, 1.54) is 23.9 Å². The van der Waals surface area contributed by atoms with Crippen LogP contribution in [0.25, 0.3) is 5.52 Å². The minimum atomic E-state index is -3.84. The molecule has 0 unspecified atom stereocenters. The summed E-state index contributed by atoms with van der Waals surface area (Å²) in [5.74, 6) is -0.108. The Labute approximate surface area is 155 Å². The molecule has 0 bridgehead atoms. The van der Waals surface area contributed by atoms with Crippen molar-refractivity contribution in [3.05, 3.63) is 53.9 Å². The number of imidazole rings is 1. The number of carbonyl (C=O) groups excluding carboxylic acids is 1. The third-order valence-corrected chi connectivity index (χ3v) is 5.84. The molecule has 1 aromatic carbocycles. The van der Waals surface area contributed by atoms with Gasteiger partial charge in [0.05, 0.1) is 22.4 Å². The zero-order valence-electron chi connectivity index (χ0n) is 14.3. The molecule has 0 fully saturated rings. The largest absolute Gasteiger partial charge is 0.325 e. The summed E-state index contributed by atoms with van der Waals surface area (Å²) in [4.78, 5) is 16.6. The number of hydrogen-bond donors (Lipinski definition) is 2. The van der Waals surface area contributed by atoms with Gasteiger partial charge in [0.2, 0.25) is 15.9 Å². The van der Waals surface area contributed by atoms with Gasteiger partial charge in [-0.15, -0.1) is 0 Å². The zero-order chi connectivity index (χ0) is 18.9. The van der Waals surface area contributed by atoms with Crippen molar-refractivity contribution < 1.29 is 13.2 Å². The Bertz CT molecular complexity index is 1090. The number of nitrogens with two attached hydrogens (primary N) is 1. The third-order valence-electron chi connectivity index (χ3n) is 3.98. The van der Waals surface area contributed by atoms with Crippen molar-refractivity contribution >= 4 is 38.9 Å². The Morgan fingerprint density at radius 3 is 2.81 bits per heavy atom. The number of nitrogens with one attached hydrogen (secondary N) is 1. The molecule has 0 aliphatic heterocycles. The first-order chi connectivity index (χ1) is 12.3. The summed E-state index contributed by atoms with van der Waals surface area (Å²) in [6.45, 7) is 3.58. The molecule has 7 nitrogen and oxygen atoms in total. The normalized spacial score (nSPS) is 11.7. The van der Waals surface area contributed by atoms with Crippen LogP contribution in [0.4, 0.5) is 5.69 Å². The maximum absolute atomic E-state index is 12.3. The van der Waals surface area contributed by atoms with E-state index < -0.39 is 10.0 Å². The third kappa shape index (κ3) is 3.90. The molecule has 1 amide bonds. The molecular formula is C17H18N4O3S2. The van der Waals surface area contributed by atoms with E-state index in [-0.39, 0.29) is 16.6 Å². The molecule has 0 aliphatic carbocycles. The van der Waals surface area contributed by atoms with E-state index in [2.05, 4.69) is 10.3 Å². The quantitative estimate of drug-likeness (QED) is 0.650. The molecule has 0 saturated carbocycles. The second-order valence-electron chi connectivity index (χ2n) is 5.83. The number of nitrogens with zero attached hydrogens (tertiary/aromatic N) is 2. The number of carbonyl (C=O) groups is 1. The molecule has 2 aromatic heterocycles. The number of aryl methyl sites for hydroxylation is 1. The molecule has 9 heteroatoms. The molecule has 3 rings (SSSR count). The molecule has 0 aliphatic rings. The number of primary sulfonamides is 1. The van der Waals surface area contributed by atoms with Gasteiger partial charge < -0.3 is 5.32 Å². The zero-order valence-corrected chi connectivity index (χ0v) is 15.9. The number of benzene rings is 1. The Balaban J connectivity index is 1.75. The van der Waals surface area contributed by atoms with Crippen LogP contribution in [0.5, 0.6) is 0 Å². The molecule has 0 spiro atoms. The van der Waals surface area contributed by atoms with Gasteiger partial charge in [-0.3, -0.25) is 9.20 Å². The Kier molecular flexibility index (Phi) is 5.03. The second-order valence-corrected chi connectivity index (χ2v) is 8.33. The van der Waals surface area contributed by atoms with E-state index in [0.717, 1.165) is 16.6 Å². The first-order valence-electron chi connectivity index (χ1n) is 7.74. The van der Waals surface area contributed by atoms with E-state index in [4.69, 9.17) is 5.14 Å². The summed E-state index contributed by atoms with van der Waals surface area (Å²) in [5.41, 5.74) is 2.91. The number of amides is 1. The summed E-state index contributed by atoms with van der Waals surface area (Å²) >= 11 is 1.30. The van der Waals surface area contributed by atoms with Crippen LogP contribution in [-0.2, 0) is 14.8 Å². The molecule has 26 heavy (non-hydrogen) atoms. The van der Waals surface area contributed by atoms with Gasteiger partial charge in [-0.1, -0.05) is 17.8 Å². The van der Waals surface area contributed by atoms with Crippen LogP contribution in [0.3, 0.4) is 0 Å². The summed E-state index contributed by atoms with van der Waals surface area (Å²) < 4.78 is 25.1. The number of rotatable bonds is 5. The number of sulfonamides is 1. The Hall–Kier alpha value is -2.36. The van der Waals surface area contributed by atoms with Gasteiger partial charge in [0.25, 0.3) is 0 Å². The molecule has 0 atom stereocenters. The highest BCUT2D eigenvalue weighted by molar-refractivity contribution is 7.99. The second kappa shape index (κ2) is 7.10. The standard InChI is InChI=1S/C17H18N4O3S2/c1-11-7-14(26(18,23)24)8-15(12(11)2)20-16(22)10-25-17-19-9-13-5-3-4-6-21(13)17/h3-9H,10H2,1-2H3,(H,20,22)(H2,18,23,24). The fourth-order valence-electron chi connectivity index (χ4n) is 2.46. The summed E-state index contributed by atoms with van der Waals surface area (Å²) in [7, 11) is -3.84. The molecule has 3 aromatic rings. The van der Waals surface area contributed by atoms with E-state index in [1.54, 1.807) is 13.1 Å². The summed E-state index contributed by atoms with van der Waals surface area (Å²) in [5, 5.41) is 8.66. The van der Waals surface area contributed by atoms with Crippen LogP contribution < -0.4 is 10.5 Å². The SMILES string of the molecule is Cc1cc(S(N)(=O)=O)cc(NC(=O)CSc2ncc3ccccn23)c1C. The Morgan fingerprint density at radius 1 is 1.31 bits per heavy atom. The van der Waals surface area contributed by atoms with Crippen LogP contribution in [0, 0.1) is 13.8 Å². The van der Waals surface area contributed by atoms with Crippen LogP contribution in [0.2, 0.25) is 0 Å². The van der Waals surface area contributed by atoms with Gasteiger partial charge in [0.1, 0.15) is 0 Å². The topological polar surface area (TPSA) is 107 Å². The van der Waals surface area contributed by atoms with Crippen molar-refractivity contribution in [2.24, 2.45) is 5.14 Å². The first kappa shape index (κ1) is 18.4. The van der Waals surface area contributed by atoms with Crippen LogP contribution in [0.1, 0.15) is 11.1 Å². The lowest BCUT2D eigenvalue weighted by Crippen LogP contribution is -2.17. The average Bonchev–Trinajstić information content (AvgIpc) is 2.99. The molecule has 136 valence electrons. The van der Waals surface area contributed by atoms with Crippen molar-refractivity contribution in [1.82, 2.24) is 9.38 Å². The van der Waals surface area contributed by atoms with Gasteiger partial charge in [-0.2, -0.15) is 0 Å². The van der Waals surface area contributed by atoms with Gasteiger partial charge in [-0.05, 0) is 49.2 Å². The number of hydrogen-bond acceptors (Lipinski definition) is 5. The highest BCUT2D eigenvalue weighted by atomic mass is 32.2. The molecule has 0 radical (unpaired) electrons. The van der Waals surface area contributed by atoms with Crippen molar-refractivity contribution in [2.45, 2.75) is 23.9 Å². The lowest BCUT2D eigenvalue weighted by molar-refractivity contribution is -0.113. The molecule has 2 heterocycles. The van der Waals surface area contributed by atoms with E-state index >= 15 is 0 Å². The maximum atomic E-state index is 12.3. The van der Waals surface area contributed by atoms with E-state index in [1.807, 2.05) is 35.7 Å².